The van der Waals surface area contributed by atoms with E-state index in [0.717, 1.165) is 16.4 Å². The van der Waals surface area contributed by atoms with E-state index in [1.165, 1.54) is 4.90 Å². The fourth-order valence-electron chi connectivity index (χ4n) is 3.36. The number of benzene rings is 2. The molecule has 1 N–H and O–H groups in total. The monoisotopic (exact) mass is 459 g/mol. The molecule has 2 aromatic carbocycles. The zero-order valence-corrected chi connectivity index (χ0v) is 17.6. The first-order valence-electron chi connectivity index (χ1n) is 9.73. The predicted molar refractivity (Wildman–Crippen MR) is 113 cm³/mol. The highest BCUT2D eigenvalue weighted by Crippen LogP contribution is 2.22. The molecule has 11 heteroatoms. The summed E-state index contributed by atoms with van der Waals surface area (Å²) in [5.41, 5.74) is 1.06. The van der Waals surface area contributed by atoms with Crippen LogP contribution in [-0.2, 0) is 10.0 Å². The van der Waals surface area contributed by atoms with Crippen molar-refractivity contribution in [2.24, 2.45) is 0 Å². The molecular formula is C21H19F2N5O3S. The summed E-state index contributed by atoms with van der Waals surface area (Å²) < 4.78 is 53.7. The van der Waals surface area contributed by atoms with Crippen molar-refractivity contribution in [3.63, 3.8) is 0 Å². The van der Waals surface area contributed by atoms with Crippen LogP contribution in [0, 0.1) is 11.6 Å². The zero-order chi connectivity index (χ0) is 22.7. The molecule has 1 aromatic heterocycles. The summed E-state index contributed by atoms with van der Waals surface area (Å²) in [7, 11) is -4.13. The number of carbonyl (C=O) groups is 1. The van der Waals surface area contributed by atoms with Gasteiger partial charge in [-0.15, -0.1) is 0 Å². The van der Waals surface area contributed by atoms with Crippen LogP contribution in [0.1, 0.15) is 10.4 Å². The first-order valence-corrected chi connectivity index (χ1v) is 11.2. The third kappa shape index (κ3) is 4.58. The normalized spacial score (nSPS) is 14.9. The summed E-state index contributed by atoms with van der Waals surface area (Å²) in [6.45, 7) is 0.280. The molecule has 3 aromatic rings. The summed E-state index contributed by atoms with van der Waals surface area (Å²) in [6, 6.07) is 10.9. The smallest absolute Gasteiger partial charge is 0.254 e. The van der Waals surface area contributed by atoms with Gasteiger partial charge in [0.15, 0.2) is 0 Å². The molecule has 1 fully saturated rings. The maximum Gasteiger partial charge on any atom is 0.254 e. The quantitative estimate of drug-likeness (QED) is 0.630. The van der Waals surface area contributed by atoms with E-state index in [1.807, 2.05) is 0 Å². The van der Waals surface area contributed by atoms with Gasteiger partial charge in [0.25, 0.3) is 5.91 Å². The van der Waals surface area contributed by atoms with Gasteiger partial charge in [-0.05, 0) is 36.4 Å². The number of anilines is 2. The largest absolute Gasteiger partial charge is 0.336 e. The van der Waals surface area contributed by atoms with Crippen molar-refractivity contribution in [2.75, 3.05) is 31.5 Å². The molecule has 0 spiro atoms. The Labute approximate surface area is 183 Å². The third-order valence-corrected chi connectivity index (χ3v) is 6.90. The number of sulfonamides is 1. The summed E-state index contributed by atoms with van der Waals surface area (Å²) in [5.74, 6) is -1.86. The van der Waals surface area contributed by atoms with Crippen LogP contribution in [0.4, 0.5) is 20.4 Å². The molecule has 32 heavy (non-hydrogen) atoms. The van der Waals surface area contributed by atoms with E-state index in [2.05, 4.69) is 15.3 Å². The van der Waals surface area contributed by atoms with Gasteiger partial charge in [0.1, 0.15) is 16.5 Å². The molecule has 0 aliphatic carbocycles. The second-order valence-electron chi connectivity index (χ2n) is 7.05. The van der Waals surface area contributed by atoms with Crippen LogP contribution in [0.3, 0.4) is 0 Å². The van der Waals surface area contributed by atoms with E-state index in [4.69, 9.17) is 0 Å². The van der Waals surface area contributed by atoms with Crippen molar-refractivity contribution in [1.29, 1.82) is 0 Å². The minimum Gasteiger partial charge on any atom is -0.336 e. The van der Waals surface area contributed by atoms with E-state index < -0.39 is 26.6 Å². The van der Waals surface area contributed by atoms with Gasteiger partial charge in [0.05, 0.1) is 0 Å². The summed E-state index contributed by atoms with van der Waals surface area (Å²) >= 11 is 0. The summed E-state index contributed by atoms with van der Waals surface area (Å²) in [6.07, 6.45) is 3.19. The van der Waals surface area contributed by atoms with Gasteiger partial charge < -0.3 is 10.2 Å². The first kappa shape index (κ1) is 21.8. The van der Waals surface area contributed by atoms with E-state index in [0.29, 0.717) is 23.3 Å². The van der Waals surface area contributed by atoms with Gasteiger partial charge >= 0.3 is 0 Å². The standard InChI is InChI=1S/C21H19F2N5O3S/c22-16-5-6-19(18(23)14-16)32(30,31)28-11-9-27(10-12-28)20(29)15-3-1-4-17(13-15)26-21-24-7-2-8-25-21/h1-8,13-14H,9-12H2,(H,24,25,26). The average molecular weight is 459 g/mol. The SMILES string of the molecule is O=C(c1cccc(Nc2ncccn2)c1)N1CCN(S(=O)(=O)c2ccc(F)cc2F)CC1. The number of aromatic nitrogens is 2. The molecule has 1 saturated heterocycles. The molecule has 0 radical (unpaired) electrons. The van der Waals surface area contributed by atoms with E-state index in [9.17, 15) is 22.0 Å². The highest BCUT2D eigenvalue weighted by atomic mass is 32.2. The van der Waals surface area contributed by atoms with Gasteiger partial charge in [0.2, 0.25) is 16.0 Å². The van der Waals surface area contributed by atoms with Crippen molar-refractivity contribution in [3.05, 3.63) is 78.1 Å². The Kier molecular flexibility index (Phi) is 6.10. The van der Waals surface area contributed by atoms with E-state index in [1.54, 1.807) is 42.7 Å². The molecule has 166 valence electrons. The van der Waals surface area contributed by atoms with Gasteiger partial charge in [-0.2, -0.15) is 4.31 Å². The number of rotatable bonds is 5. The maximum absolute atomic E-state index is 14.0. The number of hydrogen-bond acceptors (Lipinski definition) is 6. The number of carbonyl (C=O) groups excluding carboxylic acids is 1. The van der Waals surface area contributed by atoms with Gasteiger partial charge in [-0.25, -0.2) is 27.2 Å². The molecular weight excluding hydrogens is 440 g/mol. The van der Waals surface area contributed by atoms with E-state index in [-0.39, 0.29) is 32.1 Å². The van der Waals surface area contributed by atoms with Crippen LogP contribution in [0.2, 0.25) is 0 Å². The minimum absolute atomic E-state index is 0.000680. The Bertz CT molecular complexity index is 1230. The van der Waals surface area contributed by atoms with Gasteiger partial charge in [-0.3, -0.25) is 4.79 Å². The molecule has 0 saturated carbocycles. The molecule has 1 aliphatic rings. The number of amides is 1. The predicted octanol–water partition coefficient (Wildman–Crippen LogP) is 2.65. The fraction of sp³-hybridized carbons (Fsp3) is 0.190. The lowest BCUT2D eigenvalue weighted by Crippen LogP contribution is -2.50. The van der Waals surface area contributed by atoms with Crippen LogP contribution < -0.4 is 5.32 Å². The van der Waals surface area contributed by atoms with Crippen LogP contribution in [0.25, 0.3) is 0 Å². The van der Waals surface area contributed by atoms with Crippen LogP contribution in [-0.4, -0.2) is 59.7 Å². The lowest BCUT2D eigenvalue weighted by Gasteiger charge is -2.34. The average Bonchev–Trinajstić information content (AvgIpc) is 2.79. The second-order valence-corrected chi connectivity index (χ2v) is 8.96. The number of halogens is 2. The minimum atomic E-state index is -4.13. The van der Waals surface area contributed by atoms with E-state index >= 15 is 0 Å². The van der Waals surface area contributed by atoms with Crippen molar-refractivity contribution in [3.8, 4) is 0 Å². The lowest BCUT2D eigenvalue weighted by molar-refractivity contribution is 0.0697. The Balaban J connectivity index is 1.43. The number of nitrogens with zero attached hydrogens (tertiary/aromatic N) is 4. The summed E-state index contributed by atoms with van der Waals surface area (Å²) in [5, 5.41) is 3.01. The van der Waals surface area contributed by atoms with Crippen LogP contribution in [0.5, 0.6) is 0 Å². The Morgan fingerprint density at radius 3 is 2.34 bits per heavy atom. The highest BCUT2D eigenvalue weighted by Gasteiger charge is 2.32. The topological polar surface area (TPSA) is 95.5 Å². The van der Waals surface area contributed by atoms with Crippen LogP contribution in [0.15, 0.2) is 65.8 Å². The summed E-state index contributed by atoms with van der Waals surface area (Å²) in [4.78, 5) is 22.0. The lowest BCUT2D eigenvalue weighted by atomic mass is 10.1. The zero-order valence-electron chi connectivity index (χ0n) is 16.8. The number of nitrogens with one attached hydrogen (secondary N) is 1. The van der Waals surface area contributed by atoms with Crippen LogP contribution >= 0.6 is 0 Å². The van der Waals surface area contributed by atoms with Crippen molar-refractivity contribution in [1.82, 2.24) is 19.2 Å². The molecule has 8 nitrogen and oxygen atoms in total. The Morgan fingerprint density at radius 2 is 1.66 bits per heavy atom. The van der Waals surface area contributed by atoms with Crippen molar-refractivity contribution < 1.29 is 22.0 Å². The van der Waals surface area contributed by atoms with Crippen molar-refractivity contribution >= 4 is 27.6 Å². The highest BCUT2D eigenvalue weighted by molar-refractivity contribution is 7.89. The molecule has 1 amide bonds. The van der Waals surface area contributed by atoms with Gasteiger partial charge in [-0.1, -0.05) is 6.07 Å². The third-order valence-electron chi connectivity index (χ3n) is 4.97. The second kappa shape index (κ2) is 8.97. The number of piperazine rings is 1. The fourth-order valence-corrected chi connectivity index (χ4v) is 4.83. The Hall–Kier alpha value is -3.44. The molecule has 2 heterocycles. The molecule has 4 rings (SSSR count). The Morgan fingerprint density at radius 1 is 0.938 bits per heavy atom. The van der Waals surface area contributed by atoms with Gasteiger partial charge in [0, 0.05) is 55.9 Å². The first-order chi connectivity index (χ1) is 15.3. The van der Waals surface area contributed by atoms with Crippen molar-refractivity contribution in [2.45, 2.75) is 4.90 Å². The molecule has 0 bridgehead atoms. The maximum atomic E-state index is 14.0. The molecule has 0 atom stereocenters. The molecule has 1 aliphatic heterocycles. The molecule has 0 unspecified atom stereocenters. The number of hydrogen-bond donors (Lipinski definition) is 1.